The van der Waals surface area contributed by atoms with E-state index in [9.17, 15) is 4.79 Å². The normalized spacial score (nSPS) is 10.4. The number of pyridine rings is 1. The van der Waals surface area contributed by atoms with Crippen LogP contribution >= 0.6 is 0 Å². The molecule has 0 aliphatic rings. The first-order valence-corrected chi connectivity index (χ1v) is 5.96. The molecule has 20 heavy (non-hydrogen) atoms. The lowest BCUT2D eigenvalue weighted by Gasteiger charge is -2.10. The van der Waals surface area contributed by atoms with Crippen LogP contribution in [0.15, 0.2) is 12.3 Å². The van der Waals surface area contributed by atoms with Crippen LogP contribution in [-0.2, 0) is 11.8 Å². The van der Waals surface area contributed by atoms with Gasteiger partial charge in [-0.05, 0) is 19.9 Å². The topological polar surface area (TPSA) is 92.3 Å². The number of anilines is 1. The summed E-state index contributed by atoms with van der Waals surface area (Å²) < 4.78 is 12.1. The zero-order valence-corrected chi connectivity index (χ0v) is 11.8. The highest BCUT2D eigenvalue weighted by atomic mass is 16.5. The zero-order valence-electron chi connectivity index (χ0n) is 11.8. The largest absolute Gasteiger partial charge is 0.465 e. The number of hydrogen-bond donors (Lipinski definition) is 1. The summed E-state index contributed by atoms with van der Waals surface area (Å²) in [6, 6.07) is 1.48. The van der Waals surface area contributed by atoms with Gasteiger partial charge in [0.15, 0.2) is 5.75 Å². The minimum absolute atomic E-state index is 0.141. The molecule has 0 bridgehead atoms. The summed E-state index contributed by atoms with van der Waals surface area (Å²) in [6.45, 7) is 3.69. The summed E-state index contributed by atoms with van der Waals surface area (Å²) in [6.07, 6.45) is 1.44. The Morgan fingerprint density at radius 2 is 2.10 bits per heavy atom. The number of aromatic nitrogens is 3. The average molecular weight is 276 g/mol. The molecule has 2 rings (SSSR count). The fourth-order valence-corrected chi connectivity index (χ4v) is 1.82. The Labute approximate surface area is 116 Å². The maximum Gasteiger partial charge on any atom is 0.340 e. The van der Waals surface area contributed by atoms with Crippen molar-refractivity contribution in [3.63, 3.8) is 0 Å². The Hall–Kier alpha value is -2.57. The van der Waals surface area contributed by atoms with Crippen LogP contribution in [0.4, 0.5) is 5.69 Å². The molecule has 106 valence electrons. The fourth-order valence-electron chi connectivity index (χ4n) is 1.82. The van der Waals surface area contributed by atoms with Crippen molar-refractivity contribution < 1.29 is 14.3 Å². The van der Waals surface area contributed by atoms with E-state index in [0.29, 0.717) is 5.75 Å². The number of ether oxygens (including phenoxy) is 2. The molecule has 2 heterocycles. The lowest BCUT2D eigenvalue weighted by molar-refractivity contribution is 0.0601. The highest BCUT2D eigenvalue weighted by molar-refractivity contribution is 5.96. The number of hydrogen-bond acceptors (Lipinski definition) is 6. The number of esters is 1. The van der Waals surface area contributed by atoms with E-state index in [1.807, 2.05) is 20.9 Å². The second-order valence-corrected chi connectivity index (χ2v) is 4.29. The number of nitrogens with two attached hydrogens (primary N) is 1. The van der Waals surface area contributed by atoms with E-state index in [0.717, 1.165) is 11.4 Å². The van der Waals surface area contributed by atoms with Gasteiger partial charge in [0.1, 0.15) is 11.4 Å². The monoisotopic (exact) mass is 276 g/mol. The third-order valence-corrected chi connectivity index (χ3v) is 3.00. The van der Waals surface area contributed by atoms with Crippen molar-refractivity contribution in [2.45, 2.75) is 13.8 Å². The van der Waals surface area contributed by atoms with Gasteiger partial charge >= 0.3 is 5.97 Å². The van der Waals surface area contributed by atoms with Gasteiger partial charge in [-0.1, -0.05) is 0 Å². The molecular formula is C13H16N4O3. The number of aryl methyl sites for hydroxylation is 2. The second-order valence-electron chi connectivity index (χ2n) is 4.29. The van der Waals surface area contributed by atoms with E-state index in [1.165, 1.54) is 19.4 Å². The van der Waals surface area contributed by atoms with Gasteiger partial charge in [-0.3, -0.25) is 4.68 Å². The maximum atomic E-state index is 11.6. The van der Waals surface area contributed by atoms with Crippen LogP contribution < -0.4 is 10.5 Å². The number of rotatable bonds is 3. The molecule has 0 unspecified atom stereocenters. The van der Waals surface area contributed by atoms with Crippen LogP contribution in [-0.4, -0.2) is 27.8 Å². The Morgan fingerprint density at radius 1 is 1.40 bits per heavy atom. The smallest absolute Gasteiger partial charge is 0.340 e. The molecule has 2 N–H and O–H groups in total. The van der Waals surface area contributed by atoms with Crippen molar-refractivity contribution in [3.05, 3.63) is 29.2 Å². The van der Waals surface area contributed by atoms with E-state index in [4.69, 9.17) is 10.5 Å². The number of nitrogens with zero attached hydrogens (tertiary/aromatic N) is 3. The number of carbonyl (C=O) groups is 1. The fraction of sp³-hybridized carbons (Fsp3) is 0.308. The first-order valence-electron chi connectivity index (χ1n) is 5.96. The highest BCUT2D eigenvalue weighted by Crippen LogP contribution is 2.31. The zero-order chi connectivity index (χ0) is 14.9. The van der Waals surface area contributed by atoms with Gasteiger partial charge in [-0.2, -0.15) is 5.10 Å². The standard InChI is InChI=1S/C13H16N4O3/c1-7-11(8(2)17(3)16-7)20-12-10(14)9(5-6-15-12)13(18)19-4/h5-6H,14H2,1-4H3. The first-order chi connectivity index (χ1) is 9.45. The lowest BCUT2D eigenvalue weighted by Crippen LogP contribution is -2.07. The van der Waals surface area contributed by atoms with Crippen molar-refractivity contribution >= 4 is 11.7 Å². The SMILES string of the molecule is COC(=O)c1ccnc(Oc2c(C)nn(C)c2C)c1N. The van der Waals surface area contributed by atoms with Crippen LogP contribution in [0.5, 0.6) is 11.6 Å². The highest BCUT2D eigenvalue weighted by Gasteiger charge is 2.18. The van der Waals surface area contributed by atoms with Crippen LogP contribution in [0.3, 0.4) is 0 Å². The van der Waals surface area contributed by atoms with Gasteiger partial charge in [0.05, 0.1) is 18.4 Å². The van der Waals surface area contributed by atoms with Gasteiger partial charge in [0, 0.05) is 13.2 Å². The lowest BCUT2D eigenvalue weighted by atomic mass is 10.2. The molecule has 0 saturated heterocycles. The van der Waals surface area contributed by atoms with Crippen molar-refractivity contribution in [3.8, 4) is 11.6 Å². The Bertz CT molecular complexity index is 664. The molecule has 0 aromatic carbocycles. The minimum Gasteiger partial charge on any atom is -0.465 e. The summed E-state index contributed by atoms with van der Waals surface area (Å²) in [4.78, 5) is 15.6. The molecule has 2 aromatic heterocycles. The van der Waals surface area contributed by atoms with Gasteiger partial charge in [-0.15, -0.1) is 0 Å². The van der Waals surface area contributed by atoms with Gasteiger partial charge in [0.2, 0.25) is 5.88 Å². The summed E-state index contributed by atoms with van der Waals surface area (Å²) in [7, 11) is 3.11. The van der Waals surface area contributed by atoms with Crippen molar-refractivity contribution in [2.75, 3.05) is 12.8 Å². The molecular weight excluding hydrogens is 260 g/mol. The molecule has 0 saturated carbocycles. The van der Waals surface area contributed by atoms with E-state index in [-0.39, 0.29) is 17.1 Å². The van der Waals surface area contributed by atoms with E-state index in [1.54, 1.807) is 4.68 Å². The molecule has 7 heteroatoms. The van der Waals surface area contributed by atoms with Gasteiger partial charge < -0.3 is 15.2 Å². The van der Waals surface area contributed by atoms with Crippen LogP contribution in [0, 0.1) is 13.8 Å². The predicted molar refractivity (Wildman–Crippen MR) is 72.7 cm³/mol. The molecule has 0 aliphatic carbocycles. The predicted octanol–water partition coefficient (Wildman–Crippen LogP) is 1.59. The van der Waals surface area contributed by atoms with Gasteiger partial charge in [0.25, 0.3) is 0 Å². The van der Waals surface area contributed by atoms with Crippen LogP contribution in [0.25, 0.3) is 0 Å². The third-order valence-electron chi connectivity index (χ3n) is 3.00. The third kappa shape index (κ3) is 2.29. The summed E-state index contributed by atoms with van der Waals surface area (Å²) in [5, 5.41) is 4.24. The van der Waals surface area contributed by atoms with Crippen LogP contribution in [0.1, 0.15) is 21.7 Å². The van der Waals surface area contributed by atoms with E-state index < -0.39 is 5.97 Å². The quantitative estimate of drug-likeness (QED) is 0.856. The number of carbonyl (C=O) groups excluding carboxylic acids is 1. The Morgan fingerprint density at radius 3 is 2.65 bits per heavy atom. The molecule has 7 nitrogen and oxygen atoms in total. The molecule has 2 aromatic rings. The van der Waals surface area contributed by atoms with Crippen molar-refractivity contribution in [1.29, 1.82) is 0 Å². The van der Waals surface area contributed by atoms with E-state index >= 15 is 0 Å². The summed E-state index contributed by atoms with van der Waals surface area (Å²) >= 11 is 0. The average Bonchev–Trinajstić information content (AvgIpc) is 2.66. The second kappa shape index (κ2) is 5.20. The molecule has 0 aliphatic heterocycles. The van der Waals surface area contributed by atoms with E-state index in [2.05, 4.69) is 14.8 Å². The van der Waals surface area contributed by atoms with Crippen molar-refractivity contribution in [2.24, 2.45) is 7.05 Å². The maximum absolute atomic E-state index is 11.6. The minimum atomic E-state index is -0.533. The molecule has 0 atom stereocenters. The molecule has 0 amide bonds. The summed E-state index contributed by atoms with van der Waals surface area (Å²) in [5.41, 5.74) is 7.82. The Balaban J connectivity index is 2.42. The van der Waals surface area contributed by atoms with Gasteiger partial charge in [-0.25, -0.2) is 9.78 Å². The number of nitrogen functional groups attached to an aromatic ring is 1. The summed E-state index contributed by atoms with van der Waals surface area (Å²) in [5.74, 6) is 0.204. The molecule has 0 spiro atoms. The van der Waals surface area contributed by atoms with Crippen molar-refractivity contribution in [1.82, 2.24) is 14.8 Å². The first kappa shape index (κ1) is 13.9. The van der Waals surface area contributed by atoms with Crippen LogP contribution in [0.2, 0.25) is 0 Å². The molecule has 0 radical (unpaired) electrons. The number of methoxy groups -OCH3 is 1. The Kier molecular flexibility index (Phi) is 3.60. The molecule has 0 fully saturated rings.